The molecule has 2 atom stereocenters. The van der Waals surface area contributed by atoms with E-state index < -0.39 is 54.3 Å². The van der Waals surface area contributed by atoms with E-state index in [1.807, 2.05) is 6.92 Å². The fourth-order valence-electron chi connectivity index (χ4n) is 4.73. The Hall–Kier alpha value is -3.91. The van der Waals surface area contributed by atoms with Crippen molar-refractivity contribution < 1.29 is 35.9 Å². The molecule has 1 aliphatic heterocycles. The molecule has 40 heavy (non-hydrogen) atoms. The first-order valence-corrected chi connectivity index (χ1v) is 12.4. The Morgan fingerprint density at radius 1 is 1.12 bits per heavy atom. The van der Waals surface area contributed by atoms with E-state index in [9.17, 15) is 31.1 Å². The second-order valence-corrected chi connectivity index (χ2v) is 9.73. The lowest BCUT2D eigenvalue weighted by Gasteiger charge is -2.43. The Morgan fingerprint density at radius 3 is 2.30 bits per heavy atom. The van der Waals surface area contributed by atoms with E-state index in [-0.39, 0.29) is 24.0 Å². The third-order valence-corrected chi connectivity index (χ3v) is 6.45. The molecule has 0 spiro atoms. The first-order valence-electron chi connectivity index (χ1n) is 12.4. The van der Waals surface area contributed by atoms with Crippen LogP contribution in [0.1, 0.15) is 67.7 Å². The van der Waals surface area contributed by atoms with Crippen LogP contribution < -0.4 is 9.80 Å². The highest BCUT2D eigenvalue weighted by molar-refractivity contribution is 5.90. The summed E-state index contributed by atoms with van der Waals surface area (Å²) in [6, 6.07) is 3.63. The zero-order valence-electron chi connectivity index (χ0n) is 22.0. The number of nitrogens with zero attached hydrogens (tertiary/aromatic N) is 6. The number of fused-ring (bicyclic) bond motifs is 1. The predicted octanol–water partition coefficient (Wildman–Crippen LogP) is 6.22. The highest BCUT2D eigenvalue weighted by atomic mass is 19.4. The number of hydrogen-bond acceptors (Lipinski definition) is 7. The number of amides is 1. The van der Waals surface area contributed by atoms with Gasteiger partial charge in [-0.15, -0.1) is 5.10 Å². The van der Waals surface area contributed by atoms with Gasteiger partial charge in [0.25, 0.3) is 5.95 Å². The molecular formula is C25H27F6N7O2. The topological polar surface area (TPSA) is 100 Å². The minimum absolute atomic E-state index is 0.0571. The number of alkyl halides is 6. The molecule has 216 valence electrons. The smallest absolute Gasteiger partial charge is 0.416 e. The summed E-state index contributed by atoms with van der Waals surface area (Å²) in [6.45, 7) is 6.57. The van der Waals surface area contributed by atoms with Gasteiger partial charge in [-0.3, -0.25) is 9.88 Å². The number of nitrogens with one attached hydrogen (secondary N) is 1. The summed E-state index contributed by atoms with van der Waals surface area (Å²) in [4.78, 5) is 20.6. The number of aryl methyl sites for hydroxylation is 1. The maximum atomic E-state index is 13.6. The largest absolute Gasteiger partial charge is 0.446 e. The number of H-pyrrole nitrogens is 1. The van der Waals surface area contributed by atoms with Gasteiger partial charge in [0.05, 0.1) is 34.7 Å². The van der Waals surface area contributed by atoms with Gasteiger partial charge in [-0.05, 0) is 74.7 Å². The van der Waals surface area contributed by atoms with E-state index in [2.05, 4.69) is 25.6 Å². The quantitative estimate of drug-likeness (QED) is 0.351. The Kier molecular flexibility index (Phi) is 7.94. The molecule has 9 nitrogen and oxygen atoms in total. The zero-order valence-corrected chi connectivity index (χ0v) is 22.0. The maximum Gasteiger partial charge on any atom is 0.416 e. The minimum Gasteiger partial charge on any atom is -0.446 e. The van der Waals surface area contributed by atoms with E-state index in [1.165, 1.54) is 9.80 Å². The van der Waals surface area contributed by atoms with E-state index in [4.69, 9.17) is 4.74 Å². The Labute approximate surface area is 225 Å². The molecule has 1 aromatic carbocycles. The van der Waals surface area contributed by atoms with Crippen molar-refractivity contribution in [3.63, 3.8) is 0 Å². The molecule has 0 aliphatic carbocycles. The van der Waals surface area contributed by atoms with Gasteiger partial charge < -0.3 is 9.64 Å². The molecule has 3 aromatic rings. The number of carbonyl (C=O) groups is 1. The van der Waals surface area contributed by atoms with Crippen LogP contribution in [-0.2, 0) is 23.6 Å². The average Bonchev–Trinajstić information content (AvgIpc) is 3.39. The number of halogens is 6. The van der Waals surface area contributed by atoms with Crippen molar-refractivity contribution >= 4 is 17.7 Å². The minimum atomic E-state index is -5.01. The third kappa shape index (κ3) is 6.12. The molecule has 0 bridgehead atoms. The molecule has 0 unspecified atom stereocenters. The van der Waals surface area contributed by atoms with Gasteiger partial charge in [-0.1, -0.05) is 12.0 Å². The van der Waals surface area contributed by atoms with Crippen molar-refractivity contribution in [3.8, 4) is 0 Å². The van der Waals surface area contributed by atoms with Crippen molar-refractivity contribution in [2.45, 2.75) is 77.6 Å². The molecule has 0 fully saturated rings. The van der Waals surface area contributed by atoms with Gasteiger partial charge in [0.1, 0.15) is 0 Å². The Balaban J connectivity index is 1.85. The van der Waals surface area contributed by atoms with Crippen molar-refractivity contribution in [2.75, 3.05) is 9.80 Å². The molecule has 1 aliphatic rings. The second-order valence-electron chi connectivity index (χ2n) is 9.73. The molecule has 3 heterocycles. The van der Waals surface area contributed by atoms with Crippen LogP contribution in [0.4, 0.5) is 42.8 Å². The van der Waals surface area contributed by atoms with Gasteiger partial charge in [-0.25, -0.2) is 4.79 Å². The summed E-state index contributed by atoms with van der Waals surface area (Å²) >= 11 is 0. The number of benzene rings is 1. The highest BCUT2D eigenvalue weighted by Gasteiger charge is 2.42. The summed E-state index contributed by atoms with van der Waals surface area (Å²) in [5.41, 5.74) is -1.76. The van der Waals surface area contributed by atoms with Crippen LogP contribution in [0.3, 0.4) is 0 Å². The SMILES string of the molecule is CC[C@H]1C[C@@H](N(Cc2cc(C(F)(F)F)cc(C(F)(F)F)c2)c2nn[nH]n2)c2nc(C)ccc2N1C(=O)OC(C)C. The lowest BCUT2D eigenvalue weighted by Crippen LogP contribution is -2.48. The molecule has 2 aromatic heterocycles. The Bertz CT molecular complexity index is 1310. The van der Waals surface area contributed by atoms with Crippen LogP contribution in [0.5, 0.6) is 0 Å². The number of rotatable bonds is 6. The summed E-state index contributed by atoms with van der Waals surface area (Å²) in [5.74, 6) is -0.0571. The van der Waals surface area contributed by atoms with Crippen LogP contribution in [-0.4, -0.2) is 43.8 Å². The standard InChI is InChI=1S/C25H27F6N7O2/c1-5-18-11-20(21-19(7-6-14(4)32-21)38(18)23(39)40-13(2)3)37(22-33-35-36-34-22)12-15-8-16(24(26,27)28)10-17(9-15)25(29,30)31/h6-10,13,18,20H,5,11-12H2,1-4H3,(H,33,34,35,36)/t18-,20+/m0/s1. The number of aromatic nitrogens is 5. The number of hydrogen-bond donors (Lipinski definition) is 1. The number of anilines is 2. The van der Waals surface area contributed by atoms with Crippen LogP contribution in [0.25, 0.3) is 0 Å². The van der Waals surface area contributed by atoms with Crippen LogP contribution in [0.2, 0.25) is 0 Å². The lowest BCUT2D eigenvalue weighted by atomic mass is 9.91. The first-order chi connectivity index (χ1) is 18.7. The highest BCUT2D eigenvalue weighted by Crippen LogP contribution is 2.43. The van der Waals surface area contributed by atoms with Crippen molar-refractivity contribution in [2.24, 2.45) is 0 Å². The van der Waals surface area contributed by atoms with Crippen molar-refractivity contribution in [1.29, 1.82) is 0 Å². The second kappa shape index (κ2) is 10.9. The summed E-state index contributed by atoms with van der Waals surface area (Å²) in [5, 5.41) is 13.8. The zero-order chi connectivity index (χ0) is 29.4. The van der Waals surface area contributed by atoms with E-state index >= 15 is 0 Å². The number of carbonyl (C=O) groups excluding carboxylic acids is 1. The van der Waals surface area contributed by atoms with Crippen molar-refractivity contribution in [3.05, 3.63) is 58.4 Å². The Morgan fingerprint density at radius 2 is 1.77 bits per heavy atom. The van der Waals surface area contributed by atoms with E-state index in [1.54, 1.807) is 32.9 Å². The van der Waals surface area contributed by atoms with Gasteiger partial charge in [0.15, 0.2) is 0 Å². The maximum absolute atomic E-state index is 13.6. The molecule has 0 saturated heterocycles. The van der Waals surface area contributed by atoms with Gasteiger partial charge in [0, 0.05) is 18.3 Å². The number of ether oxygens (including phenoxy) is 1. The number of pyridine rings is 1. The molecule has 15 heteroatoms. The summed E-state index contributed by atoms with van der Waals surface area (Å²) in [7, 11) is 0. The molecule has 4 rings (SSSR count). The fraction of sp³-hybridized carbons (Fsp3) is 0.480. The van der Waals surface area contributed by atoms with Gasteiger partial charge in [0.2, 0.25) is 0 Å². The normalized spacial score (nSPS) is 17.6. The van der Waals surface area contributed by atoms with E-state index in [0.29, 0.717) is 35.6 Å². The molecule has 0 saturated carbocycles. The summed E-state index contributed by atoms with van der Waals surface area (Å²) < 4.78 is 86.9. The lowest BCUT2D eigenvalue weighted by molar-refractivity contribution is -0.143. The molecule has 0 radical (unpaired) electrons. The van der Waals surface area contributed by atoms with Crippen LogP contribution in [0, 0.1) is 6.92 Å². The first kappa shape index (κ1) is 29.1. The summed E-state index contributed by atoms with van der Waals surface area (Å²) in [6.07, 6.45) is -10.3. The number of tetrazole rings is 1. The molecule has 1 amide bonds. The average molecular weight is 572 g/mol. The van der Waals surface area contributed by atoms with Crippen LogP contribution >= 0.6 is 0 Å². The monoisotopic (exact) mass is 571 g/mol. The number of aromatic amines is 1. The fourth-order valence-corrected chi connectivity index (χ4v) is 4.73. The third-order valence-electron chi connectivity index (χ3n) is 6.45. The van der Waals surface area contributed by atoms with Gasteiger partial charge >= 0.3 is 18.4 Å². The predicted molar refractivity (Wildman–Crippen MR) is 131 cm³/mol. The van der Waals surface area contributed by atoms with Gasteiger partial charge in [-0.2, -0.15) is 31.6 Å². The van der Waals surface area contributed by atoms with Crippen molar-refractivity contribution in [1.82, 2.24) is 25.6 Å². The molecule has 1 N–H and O–H groups in total. The van der Waals surface area contributed by atoms with Crippen LogP contribution in [0.15, 0.2) is 30.3 Å². The van der Waals surface area contributed by atoms with E-state index in [0.717, 1.165) is 0 Å². The molecular weight excluding hydrogens is 544 g/mol.